The maximum atomic E-state index is 14.3. The summed E-state index contributed by atoms with van der Waals surface area (Å²) >= 11 is -2.52. The van der Waals surface area contributed by atoms with E-state index in [1.54, 1.807) is 0 Å². The number of hydrogen-bond donors (Lipinski definition) is 1. The van der Waals surface area contributed by atoms with Crippen molar-refractivity contribution in [1.82, 2.24) is 0 Å². The van der Waals surface area contributed by atoms with E-state index in [1.807, 2.05) is 48.5 Å². The summed E-state index contributed by atoms with van der Waals surface area (Å²) in [5.74, 6) is 0. The topological polar surface area (TPSA) is 12.0 Å². The molecule has 0 radical (unpaired) electrons. The molecule has 2 aromatic rings. The van der Waals surface area contributed by atoms with Crippen LogP contribution in [-0.2, 0) is 0 Å². The Bertz CT molecular complexity index is 467. The van der Waals surface area contributed by atoms with Crippen LogP contribution in [0.25, 0.3) is 0 Å². The van der Waals surface area contributed by atoms with E-state index in [-0.39, 0.29) is 0 Å². The van der Waals surface area contributed by atoms with Crippen molar-refractivity contribution in [3.63, 3.8) is 0 Å². The predicted molar refractivity (Wildman–Crippen MR) is 62.3 cm³/mol. The molecule has 3 rings (SSSR count). The van der Waals surface area contributed by atoms with Crippen LogP contribution >= 0.6 is 0 Å². The molecule has 1 aliphatic rings. The van der Waals surface area contributed by atoms with Crippen LogP contribution in [0.4, 0.5) is 14.8 Å². The summed E-state index contributed by atoms with van der Waals surface area (Å²) in [5, 5.41) is 3.27. The standard InChI is InChI=1S/C12H9AsFN/c14-13-9-5-1-3-7-11(9)15-12-8-4-2-6-10(12)13/h1-8,15H. The molecule has 0 bridgehead atoms. The van der Waals surface area contributed by atoms with Crippen molar-refractivity contribution in [3.8, 4) is 0 Å². The van der Waals surface area contributed by atoms with Crippen molar-refractivity contribution < 1.29 is 3.47 Å². The van der Waals surface area contributed by atoms with Gasteiger partial charge in [-0.05, 0) is 0 Å². The molecular weight excluding hydrogens is 252 g/mol. The molecule has 0 fully saturated rings. The SMILES string of the molecule is F[As]1c2ccccc2Nc2ccccc21. The molecule has 0 amide bonds. The van der Waals surface area contributed by atoms with Gasteiger partial charge in [0.25, 0.3) is 0 Å². The fraction of sp³-hybridized carbons (Fsp3) is 0. The van der Waals surface area contributed by atoms with Gasteiger partial charge in [-0.2, -0.15) is 0 Å². The van der Waals surface area contributed by atoms with Gasteiger partial charge in [0.2, 0.25) is 0 Å². The quantitative estimate of drug-likeness (QED) is 0.713. The molecule has 0 atom stereocenters. The van der Waals surface area contributed by atoms with Gasteiger partial charge in [-0.25, -0.2) is 0 Å². The van der Waals surface area contributed by atoms with Gasteiger partial charge in [-0.3, -0.25) is 0 Å². The predicted octanol–water partition coefficient (Wildman–Crippen LogP) is 1.82. The summed E-state index contributed by atoms with van der Waals surface area (Å²) in [5.41, 5.74) is 1.86. The molecule has 3 heteroatoms. The second kappa shape index (κ2) is 3.39. The molecule has 74 valence electrons. The summed E-state index contributed by atoms with van der Waals surface area (Å²) in [6.45, 7) is 0. The van der Waals surface area contributed by atoms with Crippen LogP contribution < -0.4 is 14.0 Å². The van der Waals surface area contributed by atoms with E-state index >= 15 is 0 Å². The van der Waals surface area contributed by atoms with E-state index < -0.39 is 15.1 Å². The van der Waals surface area contributed by atoms with Crippen LogP contribution in [0, 0.1) is 0 Å². The van der Waals surface area contributed by atoms with Crippen molar-refractivity contribution in [2.24, 2.45) is 0 Å². The zero-order valence-electron chi connectivity index (χ0n) is 7.94. The van der Waals surface area contributed by atoms with Gasteiger partial charge in [-0.1, -0.05) is 0 Å². The van der Waals surface area contributed by atoms with E-state index in [0.29, 0.717) is 0 Å². The molecule has 0 spiro atoms. The van der Waals surface area contributed by atoms with Crippen molar-refractivity contribution in [2.75, 3.05) is 5.32 Å². The van der Waals surface area contributed by atoms with Crippen LogP contribution in [0.5, 0.6) is 0 Å². The molecule has 0 aromatic heterocycles. The Morgan fingerprint density at radius 1 is 0.800 bits per heavy atom. The zero-order valence-corrected chi connectivity index (χ0v) is 9.82. The third-order valence-electron chi connectivity index (χ3n) is 2.50. The van der Waals surface area contributed by atoms with Gasteiger partial charge < -0.3 is 0 Å². The number of benzene rings is 2. The van der Waals surface area contributed by atoms with Crippen molar-refractivity contribution >= 4 is 35.2 Å². The fourth-order valence-corrected chi connectivity index (χ4v) is 4.67. The maximum absolute atomic E-state index is 14.3. The monoisotopic (exact) mass is 261 g/mol. The molecule has 1 nitrogen and oxygen atoms in total. The van der Waals surface area contributed by atoms with Gasteiger partial charge in [0, 0.05) is 0 Å². The first-order valence-electron chi connectivity index (χ1n) is 4.77. The molecule has 2 aromatic carbocycles. The summed E-state index contributed by atoms with van der Waals surface area (Å²) < 4.78 is 16.0. The minimum atomic E-state index is -2.52. The summed E-state index contributed by atoms with van der Waals surface area (Å²) in [4.78, 5) is 0. The van der Waals surface area contributed by atoms with E-state index in [4.69, 9.17) is 0 Å². The van der Waals surface area contributed by atoms with Crippen LogP contribution in [0.3, 0.4) is 0 Å². The fourth-order valence-electron chi connectivity index (χ4n) is 1.78. The number of rotatable bonds is 0. The van der Waals surface area contributed by atoms with Crippen molar-refractivity contribution in [2.45, 2.75) is 0 Å². The average Bonchev–Trinajstić information content (AvgIpc) is 2.30. The van der Waals surface area contributed by atoms with Gasteiger partial charge in [0.15, 0.2) is 0 Å². The number of nitrogens with one attached hydrogen (secondary N) is 1. The molecule has 15 heavy (non-hydrogen) atoms. The number of halogens is 1. The Morgan fingerprint density at radius 3 is 1.80 bits per heavy atom. The van der Waals surface area contributed by atoms with Crippen molar-refractivity contribution in [3.05, 3.63) is 48.5 Å². The molecule has 1 aliphatic heterocycles. The Kier molecular flexibility index (Phi) is 2.03. The number of fused-ring (bicyclic) bond motifs is 2. The first-order valence-corrected chi connectivity index (χ1v) is 7.36. The van der Waals surface area contributed by atoms with Crippen molar-refractivity contribution in [1.29, 1.82) is 0 Å². The third-order valence-corrected chi connectivity index (χ3v) is 5.91. The van der Waals surface area contributed by atoms with Crippen LogP contribution in [0.1, 0.15) is 0 Å². The number of hydrogen-bond acceptors (Lipinski definition) is 1. The van der Waals surface area contributed by atoms with Crippen LogP contribution in [-0.4, -0.2) is 15.1 Å². The van der Waals surface area contributed by atoms with Gasteiger partial charge in [0.05, 0.1) is 0 Å². The molecule has 0 aliphatic carbocycles. The molecule has 1 heterocycles. The van der Waals surface area contributed by atoms with E-state index in [0.717, 1.165) is 20.1 Å². The Balaban J connectivity index is 2.20. The second-order valence-corrected chi connectivity index (χ2v) is 6.64. The van der Waals surface area contributed by atoms with Gasteiger partial charge in [0.1, 0.15) is 0 Å². The zero-order chi connectivity index (χ0) is 10.3. The van der Waals surface area contributed by atoms with Crippen LogP contribution in [0.2, 0.25) is 0 Å². The Labute approximate surface area is 92.7 Å². The molecule has 0 saturated heterocycles. The molecule has 1 N–H and O–H groups in total. The van der Waals surface area contributed by atoms with Crippen LogP contribution in [0.15, 0.2) is 48.5 Å². The minimum absolute atomic E-state index is 0.865. The molecule has 0 saturated carbocycles. The average molecular weight is 261 g/mol. The van der Waals surface area contributed by atoms with E-state index in [1.165, 1.54) is 0 Å². The first kappa shape index (κ1) is 8.99. The number of anilines is 2. The normalized spacial score (nSPS) is 13.9. The second-order valence-electron chi connectivity index (χ2n) is 3.44. The van der Waals surface area contributed by atoms with Gasteiger partial charge >= 0.3 is 92.5 Å². The summed E-state index contributed by atoms with van der Waals surface area (Å²) in [6, 6.07) is 15.3. The first-order chi connectivity index (χ1) is 7.36. The Morgan fingerprint density at radius 2 is 1.27 bits per heavy atom. The van der Waals surface area contributed by atoms with E-state index in [9.17, 15) is 3.47 Å². The third kappa shape index (κ3) is 1.37. The Hall–Kier alpha value is -1.27. The summed E-state index contributed by atoms with van der Waals surface area (Å²) in [6.07, 6.45) is 0. The summed E-state index contributed by atoms with van der Waals surface area (Å²) in [7, 11) is 0. The van der Waals surface area contributed by atoms with E-state index in [2.05, 4.69) is 5.32 Å². The van der Waals surface area contributed by atoms with Gasteiger partial charge in [-0.15, -0.1) is 0 Å². The molecule has 0 unspecified atom stereocenters. The number of para-hydroxylation sites is 2. The molecular formula is C12H9AsFN.